The second kappa shape index (κ2) is 5.07. The maximum atomic E-state index is 10.7. The molecule has 0 aliphatic carbocycles. The third-order valence-corrected chi connectivity index (χ3v) is 3.28. The lowest BCUT2D eigenvalue weighted by Gasteiger charge is -2.28. The van der Waals surface area contributed by atoms with Crippen LogP contribution in [0.2, 0.25) is 0 Å². The lowest BCUT2D eigenvalue weighted by Crippen LogP contribution is -2.30. The van der Waals surface area contributed by atoms with Crippen molar-refractivity contribution in [3.63, 3.8) is 0 Å². The molecule has 0 saturated carbocycles. The van der Waals surface area contributed by atoms with Crippen molar-refractivity contribution in [2.24, 2.45) is 0 Å². The first-order chi connectivity index (χ1) is 8.65. The van der Waals surface area contributed by atoms with Crippen LogP contribution >= 0.6 is 0 Å². The van der Waals surface area contributed by atoms with Crippen LogP contribution in [0.25, 0.3) is 0 Å². The second-order valence-electron chi connectivity index (χ2n) is 4.29. The molecule has 5 heteroatoms. The highest BCUT2D eigenvalue weighted by atomic mass is 16.4. The third kappa shape index (κ3) is 2.29. The second-order valence-corrected chi connectivity index (χ2v) is 4.29. The fraction of sp³-hybridized carbons (Fsp3) is 0.385. The van der Waals surface area contributed by atoms with Crippen LogP contribution in [0.4, 0.5) is 10.5 Å². The van der Waals surface area contributed by atoms with Crippen molar-refractivity contribution in [2.75, 3.05) is 18.4 Å². The number of hydrogen-bond acceptors (Lipinski definition) is 3. The Morgan fingerprint density at radius 2 is 2.39 bits per heavy atom. The van der Waals surface area contributed by atoms with Crippen molar-refractivity contribution in [3.05, 3.63) is 28.8 Å². The summed E-state index contributed by atoms with van der Waals surface area (Å²) in [7, 11) is 0. The number of benzene rings is 1. The normalized spacial score (nSPS) is 14.7. The van der Waals surface area contributed by atoms with E-state index >= 15 is 0 Å². The minimum atomic E-state index is -1.14. The zero-order valence-corrected chi connectivity index (χ0v) is 10.2. The average Bonchev–Trinajstić information content (AvgIpc) is 2.37. The van der Waals surface area contributed by atoms with Crippen molar-refractivity contribution in [1.82, 2.24) is 4.90 Å². The summed E-state index contributed by atoms with van der Waals surface area (Å²) in [5.41, 5.74) is 2.95. The molecule has 1 aromatic rings. The van der Waals surface area contributed by atoms with E-state index in [4.69, 9.17) is 5.11 Å². The first-order valence-electron chi connectivity index (χ1n) is 5.92. The van der Waals surface area contributed by atoms with E-state index in [-0.39, 0.29) is 0 Å². The van der Waals surface area contributed by atoms with Crippen molar-refractivity contribution in [1.29, 1.82) is 5.26 Å². The molecule has 5 nitrogen and oxygen atoms in total. The lowest BCUT2D eigenvalue weighted by atomic mass is 9.93. The van der Waals surface area contributed by atoms with Crippen molar-refractivity contribution in [2.45, 2.75) is 19.9 Å². The summed E-state index contributed by atoms with van der Waals surface area (Å²) in [6.45, 7) is 4.83. The first kappa shape index (κ1) is 12.4. The number of nitrogens with one attached hydrogen (secondary N) is 1. The molecule has 1 heterocycles. The molecular formula is C13H15N3O2. The van der Waals surface area contributed by atoms with Gasteiger partial charge in [0.15, 0.2) is 0 Å². The van der Waals surface area contributed by atoms with E-state index in [0.717, 1.165) is 37.2 Å². The Kier molecular flexibility index (Phi) is 3.49. The van der Waals surface area contributed by atoms with Crippen LogP contribution in [0.1, 0.15) is 23.6 Å². The Labute approximate surface area is 106 Å². The first-order valence-corrected chi connectivity index (χ1v) is 5.92. The highest BCUT2D eigenvalue weighted by Crippen LogP contribution is 2.27. The molecule has 1 aromatic carbocycles. The molecule has 1 aliphatic rings. The van der Waals surface area contributed by atoms with Crippen LogP contribution in [0.15, 0.2) is 12.1 Å². The van der Waals surface area contributed by atoms with Crippen molar-refractivity contribution in [3.8, 4) is 6.07 Å². The molecule has 0 spiro atoms. The van der Waals surface area contributed by atoms with E-state index < -0.39 is 6.09 Å². The molecule has 0 saturated heterocycles. The molecule has 1 amide bonds. The molecule has 1 aliphatic heterocycles. The zero-order chi connectivity index (χ0) is 13.1. The topological polar surface area (TPSA) is 76.4 Å². The van der Waals surface area contributed by atoms with Gasteiger partial charge in [-0.25, -0.2) is 4.79 Å². The van der Waals surface area contributed by atoms with Gasteiger partial charge in [0, 0.05) is 13.1 Å². The van der Waals surface area contributed by atoms with Gasteiger partial charge >= 0.3 is 6.09 Å². The minimum absolute atomic E-state index is 0.383. The summed E-state index contributed by atoms with van der Waals surface area (Å²) in [4.78, 5) is 13.0. The van der Waals surface area contributed by atoms with E-state index in [1.165, 1.54) is 0 Å². The van der Waals surface area contributed by atoms with Gasteiger partial charge < -0.3 is 5.11 Å². The molecule has 18 heavy (non-hydrogen) atoms. The van der Waals surface area contributed by atoms with Gasteiger partial charge in [0.1, 0.15) is 6.07 Å². The Balaban J connectivity index is 2.40. The molecule has 0 bridgehead atoms. The largest absolute Gasteiger partial charge is 0.465 e. The van der Waals surface area contributed by atoms with Gasteiger partial charge in [-0.05, 0) is 30.2 Å². The van der Waals surface area contributed by atoms with E-state index in [9.17, 15) is 10.1 Å². The number of anilines is 1. The van der Waals surface area contributed by atoms with Gasteiger partial charge in [-0.3, -0.25) is 10.2 Å². The fourth-order valence-electron chi connectivity index (χ4n) is 2.33. The SMILES string of the molecule is CCN1CCc2c(ccc(NC(=O)O)c2C#N)C1. The molecule has 0 radical (unpaired) electrons. The maximum absolute atomic E-state index is 10.7. The monoisotopic (exact) mass is 245 g/mol. The number of carbonyl (C=O) groups is 1. The molecule has 94 valence electrons. The predicted octanol–water partition coefficient (Wildman–Crippen LogP) is 2.03. The van der Waals surface area contributed by atoms with E-state index in [1.807, 2.05) is 6.07 Å². The van der Waals surface area contributed by atoms with Crippen LogP contribution < -0.4 is 5.32 Å². The molecule has 0 atom stereocenters. The number of nitriles is 1. The van der Waals surface area contributed by atoms with Crippen LogP contribution in [-0.4, -0.2) is 29.2 Å². The van der Waals surface area contributed by atoms with Crippen LogP contribution in [0.3, 0.4) is 0 Å². The van der Waals surface area contributed by atoms with Crippen LogP contribution in [0.5, 0.6) is 0 Å². The Morgan fingerprint density at radius 3 is 3.00 bits per heavy atom. The highest BCUT2D eigenvalue weighted by Gasteiger charge is 2.20. The van der Waals surface area contributed by atoms with Crippen LogP contribution in [-0.2, 0) is 13.0 Å². The highest BCUT2D eigenvalue weighted by molar-refractivity contribution is 5.85. The van der Waals surface area contributed by atoms with Crippen molar-refractivity contribution < 1.29 is 9.90 Å². The zero-order valence-electron chi connectivity index (χ0n) is 10.2. The van der Waals surface area contributed by atoms with E-state index in [1.54, 1.807) is 6.07 Å². The van der Waals surface area contributed by atoms with Gasteiger partial charge in [0.05, 0.1) is 11.3 Å². The van der Waals surface area contributed by atoms with Crippen molar-refractivity contribution >= 4 is 11.8 Å². The molecule has 2 N–H and O–H groups in total. The summed E-state index contributed by atoms with van der Waals surface area (Å²) in [6, 6.07) is 5.69. The summed E-state index contributed by atoms with van der Waals surface area (Å²) in [6.07, 6.45) is -0.348. The van der Waals surface area contributed by atoms with Gasteiger partial charge in [-0.15, -0.1) is 0 Å². The van der Waals surface area contributed by atoms with E-state index in [0.29, 0.717) is 11.3 Å². The number of amides is 1. The minimum Gasteiger partial charge on any atom is -0.465 e. The van der Waals surface area contributed by atoms with Gasteiger partial charge in [0.2, 0.25) is 0 Å². The number of likely N-dealkylation sites (N-methyl/N-ethyl adjacent to an activating group) is 1. The average molecular weight is 245 g/mol. The van der Waals surface area contributed by atoms with Crippen LogP contribution in [0, 0.1) is 11.3 Å². The fourth-order valence-corrected chi connectivity index (χ4v) is 2.33. The standard InChI is InChI=1S/C13H15N3O2/c1-2-16-6-5-10-9(8-16)3-4-12(11(10)7-14)15-13(17)18/h3-4,15H,2,5-6,8H2,1H3,(H,17,18). The van der Waals surface area contributed by atoms with Gasteiger partial charge in [-0.2, -0.15) is 5.26 Å². The summed E-state index contributed by atoms with van der Waals surface area (Å²) < 4.78 is 0. The summed E-state index contributed by atoms with van der Waals surface area (Å²) in [5, 5.41) is 20.2. The number of rotatable bonds is 2. The predicted molar refractivity (Wildman–Crippen MR) is 67.5 cm³/mol. The van der Waals surface area contributed by atoms with Gasteiger partial charge in [-0.1, -0.05) is 13.0 Å². The maximum Gasteiger partial charge on any atom is 0.409 e. The smallest absolute Gasteiger partial charge is 0.409 e. The quantitative estimate of drug-likeness (QED) is 0.835. The molecule has 0 unspecified atom stereocenters. The summed E-state index contributed by atoms with van der Waals surface area (Å²) >= 11 is 0. The Hall–Kier alpha value is -2.06. The molecular weight excluding hydrogens is 230 g/mol. The number of fused-ring (bicyclic) bond motifs is 1. The van der Waals surface area contributed by atoms with E-state index in [2.05, 4.69) is 23.2 Å². The van der Waals surface area contributed by atoms with Gasteiger partial charge in [0.25, 0.3) is 0 Å². The molecule has 2 rings (SSSR count). The number of nitrogens with zero attached hydrogens (tertiary/aromatic N) is 2. The molecule has 0 fully saturated rings. The number of hydrogen-bond donors (Lipinski definition) is 2. The third-order valence-electron chi connectivity index (χ3n) is 3.28. The Morgan fingerprint density at radius 1 is 1.61 bits per heavy atom. The lowest BCUT2D eigenvalue weighted by molar-refractivity contribution is 0.209. The number of carboxylic acid groups (broad SMARTS) is 1. The summed E-state index contributed by atoms with van der Waals surface area (Å²) in [5.74, 6) is 0. The Bertz CT molecular complexity index is 520. The molecule has 0 aromatic heterocycles.